The Bertz CT molecular complexity index is 852. The SMILES string of the molecule is Cc1ccc(F)c(S(=O)(=O)Nc2ccc(Br)cc2C(=O)O)c1. The van der Waals surface area contributed by atoms with E-state index >= 15 is 0 Å². The fraction of sp³-hybridized carbons (Fsp3) is 0.0714. The molecule has 116 valence electrons. The molecule has 0 atom stereocenters. The second kappa shape index (κ2) is 6.05. The summed E-state index contributed by atoms with van der Waals surface area (Å²) in [7, 11) is -4.24. The minimum Gasteiger partial charge on any atom is -0.478 e. The Hall–Kier alpha value is -1.93. The van der Waals surface area contributed by atoms with Gasteiger partial charge in [-0.25, -0.2) is 17.6 Å². The van der Waals surface area contributed by atoms with Crippen LogP contribution in [-0.4, -0.2) is 19.5 Å². The van der Waals surface area contributed by atoms with Crippen LogP contribution < -0.4 is 4.72 Å². The summed E-state index contributed by atoms with van der Waals surface area (Å²) in [5, 5.41) is 9.13. The lowest BCUT2D eigenvalue weighted by Gasteiger charge is -2.12. The fourth-order valence-electron chi connectivity index (χ4n) is 1.80. The number of anilines is 1. The van der Waals surface area contributed by atoms with Gasteiger partial charge in [0, 0.05) is 4.47 Å². The third-order valence-electron chi connectivity index (χ3n) is 2.83. The van der Waals surface area contributed by atoms with Crippen LogP contribution in [0.25, 0.3) is 0 Å². The molecule has 8 heteroatoms. The lowest BCUT2D eigenvalue weighted by Crippen LogP contribution is -2.17. The molecule has 0 fully saturated rings. The molecular weight excluding hydrogens is 377 g/mol. The van der Waals surface area contributed by atoms with Crippen molar-refractivity contribution in [3.63, 3.8) is 0 Å². The van der Waals surface area contributed by atoms with Gasteiger partial charge in [-0.15, -0.1) is 0 Å². The lowest BCUT2D eigenvalue weighted by atomic mass is 10.2. The summed E-state index contributed by atoms with van der Waals surface area (Å²) < 4.78 is 40.9. The minimum absolute atomic E-state index is 0.142. The first-order chi connectivity index (χ1) is 10.2. The molecule has 0 aliphatic rings. The minimum atomic E-state index is -4.24. The number of halogens is 2. The Morgan fingerprint density at radius 3 is 2.55 bits per heavy atom. The number of hydrogen-bond acceptors (Lipinski definition) is 3. The first-order valence-electron chi connectivity index (χ1n) is 6.02. The van der Waals surface area contributed by atoms with Crippen molar-refractivity contribution in [1.82, 2.24) is 0 Å². The summed E-state index contributed by atoms with van der Waals surface area (Å²) in [5.74, 6) is -2.21. The zero-order valence-electron chi connectivity index (χ0n) is 11.3. The Balaban J connectivity index is 2.50. The molecule has 0 unspecified atom stereocenters. The second-order valence-electron chi connectivity index (χ2n) is 4.53. The number of nitrogens with one attached hydrogen (secondary N) is 1. The van der Waals surface area contributed by atoms with Gasteiger partial charge in [-0.1, -0.05) is 22.0 Å². The average Bonchev–Trinajstić information content (AvgIpc) is 2.43. The van der Waals surface area contributed by atoms with Gasteiger partial charge in [-0.2, -0.15) is 0 Å². The van der Waals surface area contributed by atoms with E-state index in [4.69, 9.17) is 5.11 Å². The van der Waals surface area contributed by atoms with Gasteiger partial charge in [0.25, 0.3) is 10.0 Å². The zero-order chi connectivity index (χ0) is 16.5. The van der Waals surface area contributed by atoms with Crippen LogP contribution in [0.3, 0.4) is 0 Å². The molecule has 0 bridgehead atoms. The molecule has 2 N–H and O–H groups in total. The molecule has 0 saturated heterocycles. The Labute approximate surface area is 135 Å². The molecule has 2 aromatic rings. The van der Waals surface area contributed by atoms with Crippen LogP contribution in [0.5, 0.6) is 0 Å². The van der Waals surface area contributed by atoms with Crippen molar-refractivity contribution in [2.45, 2.75) is 11.8 Å². The highest BCUT2D eigenvalue weighted by atomic mass is 79.9. The number of hydrogen-bond donors (Lipinski definition) is 2. The third kappa shape index (κ3) is 3.45. The van der Waals surface area contributed by atoms with E-state index in [1.807, 2.05) is 0 Å². The molecular formula is C14H11BrFNO4S. The van der Waals surface area contributed by atoms with Gasteiger partial charge < -0.3 is 5.11 Å². The maximum atomic E-state index is 13.7. The molecule has 0 heterocycles. The Morgan fingerprint density at radius 1 is 1.23 bits per heavy atom. The number of carboxylic acids is 1. The van der Waals surface area contributed by atoms with Gasteiger partial charge in [0.2, 0.25) is 0 Å². The maximum absolute atomic E-state index is 13.7. The molecule has 2 aromatic carbocycles. The summed E-state index contributed by atoms with van der Waals surface area (Å²) in [6.45, 7) is 1.63. The predicted octanol–water partition coefficient (Wildman–Crippen LogP) is 3.40. The summed E-state index contributed by atoms with van der Waals surface area (Å²) >= 11 is 3.11. The highest BCUT2D eigenvalue weighted by Crippen LogP contribution is 2.25. The number of carbonyl (C=O) groups is 1. The smallest absolute Gasteiger partial charge is 0.337 e. The van der Waals surface area contributed by atoms with Gasteiger partial charge in [0.15, 0.2) is 0 Å². The fourth-order valence-corrected chi connectivity index (χ4v) is 3.40. The molecule has 0 aliphatic heterocycles. The van der Waals surface area contributed by atoms with Crippen LogP contribution in [-0.2, 0) is 10.0 Å². The molecule has 0 saturated carbocycles. The average molecular weight is 388 g/mol. The highest BCUT2D eigenvalue weighted by Gasteiger charge is 2.22. The van der Waals surface area contributed by atoms with Gasteiger partial charge in [-0.3, -0.25) is 4.72 Å². The highest BCUT2D eigenvalue weighted by molar-refractivity contribution is 9.10. The monoisotopic (exact) mass is 387 g/mol. The predicted molar refractivity (Wildman–Crippen MR) is 83.0 cm³/mol. The van der Waals surface area contributed by atoms with Crippen LogP contribution in [0.1, 0.15) is 15.9 Å². The van der Waals surface area contributed by atoms with Crippen molar-refractivity contribution >= 4 is 37.6 Å². The Kier molecular flexibility index (Phi) is 4.52. The van der Waals surface area contributed by atoms with E-state index < -0.39 is 26.7 Å². The summed E-state index contributed by atoms with van der Waals surface area (Å²) in [5.41, 5.74) is 0.179. The van der Waals surface area contributed by atoms with Crippen molar-refractivity contribution < 1.29 is 22.7 Å². The molecule has 5 nitrogen and oxygen atoms in total. The van der Waals surface area contributed by atoms with E-state index in [0.717, 1.165) is 6.07 Å². The van der Waals surface area contributed by atoms with Crippen LogP contribution in [0, 0.1) is 12.7 Å². The number of aromatic carboxylic acids is 1. The quantitative estimate of drug-likeness (QED) is 0.841. The van der Waals surface area contributed by atoms with Crippen molar-refractivity contribution in [3.8, 4) is 0 Å². The molecule has 2 rings (SSSR count). The largest absolute Gasteiger partial charge is 0.478 e. The topological polar surface area (TPSA) is 83.5 Å². The van der Waals surface area contributed by atoms with E-state index in [0.29, 0.717) is 10.0 Å². The van der Waals surface area contributed by atoms with Crippen LogP contribution in [0.4, 0.5) is 10.1 Å². The summed E-state index contributed by atoms with van der Waals surface area (Å²) in [6.07, 6.45) is 0. The first kappa shape index (κ1) is 16.4. The molecule has 0 aliphatic carbocycles. The van der Waals surface area contributed by atoms with E-state index in [1.165, 1.54) is 30.3 Å². The first-order valence-corrected chi connectivity index (χ1v) is 8.30. The van der Waals surface area contributed by atoms with Crippen molar-refractivity contribution in [2.75, 3.05) is 4.72 Å². The van der Waals surface area contributed by atoms with Crippen molar-refractivity contribution in [1.29, 1.82) is 0 Å². The lowest BCUT2D eigenvalue weighted by molar-refractivity contribution is 0.0698. The van der Waals surface area contributed by atoms with Gasteiger partial charge in [0.1, 0.15) is 10.7 Å². The summed E-state index contributed by atoms with van der Waals surface area (Å²) in [6, 6.07) is 7.69. The molecule has 0 spiro atoms. The summed E-state index contributed by atoms with van der Waals surface area (Å²) in [4.78, 5) is 10.7. The zero-order valence-corrected chi connectivity index (χ0v) is 13.7. The molecule has 0 amide bonds. The molecule has 22 heavy (non-hydrogen) atoms. The van der Waals surface area contributed by atoms with Gasteiger partial charge in [-0.05, 0) is 42.8 Å². The normalized spacial score (nSPS) is 11.2. The molecule has 0 radical (unpaired) electrons. The number of sulfonamides is 1. The van der Waals surface area contributed by atoms with Crippen LogP contribution in [0.2, 0.25) is 0 Å². The molecule has 0 aromatic heterocycles. The standard InChI is InChI=1S/C14H11BrFNO4S/c1-8-2-4-11(16)13(6-8)22(20,21)17-12-5-3-9(15)7-10(12)14(18)19/h2-7,17H,1H3,(H,18,19). The maximum Gasteiger partial charge on any atom is 0.337 e. The van der Waals surface area contributed by atoms with Crippen LogP contribution >= 0.6 is 15.9 Å². The Morgan fingerprint density at radius 2 is 1.91 bits per heavy atom. The third-order valence-corrected chi connectivity index (χ3v) is 4.71. The number of benzene rings is 2. The second-order valence-corrected chi connectivity index (χ2v) is 7.10. The van der Waals surface area contributed by atoms with E-state index in [2.05, 4.69) is 20.7 Å². The van der Waals surface area contributed by atoms with Crippen molar-refractivity contribution in [2.24, 2.45) is 0 Å². The van der Waals surface area contributed by atoms with Gasteiger partial charge >= 0.3 is 5.97 Å². The number of rotatable bonds is 4. The van der Waals surface area contributed by atoms with Gasteiger partial charge in [0.05, 0.1) is 11.3 Å². The number of carboxylic acid groups (broad SMARTS) is 1. The van der Waals surface area contributed by atoms with Crippen LogP contribution in [0.15, 0.2) is 45.8 Å². The van der Waals surface area contributed by atoms with Crippen molar-refractivity contribution in [3.05, 3.63) is 57.8 Å². The number of aryl methyl sites for hydroxylation is 1. The van der Waals surface area contributed by atoms with E-state index in [-0.39, 0.29) is 11.3 Å². The van der Waals surface area contributed by atoms with E-state index in [9.17, 15) is 17.6 Å². The van der Waals surface area contributed by atoms with E-state index in [1.54, 1.807) is 6.92 Å².